The highest BCUT2D eigenvalue weighted by molar-refractivity contribution is 5.80. The average Bonchev–Trinajstić information content (AvgIpc) is 2.89. The molecule has 9 nitrogen and oxygen atoms in total. The Labute approximate surface area is 225 Å². The number of carbonyl (C=O) groups excluding carboxylic acids is 3. The number of nitrogens with one attached hydrogen (secondary N) is 1. The second-order valence-electron chi connectivity index (χ2n) is 8.69. The van der Waals surface area contributed by atoms with Gasteiger partial charge in [0.15, 0.2) is 0 Å². The van der Waals surface area contributed by atoms with Crippen molar-refractivity contribution in [1.29, 1.82) is 0 Å². The van der Waals surface area contributed by atoms with Crippen molar-refractivity contribution in [3.8, 4) is 11.1 Å². The molecule has 0 heterocycles. The third-order valence-corrected chi connectivity index (χ3v) is 5.03. The lowest BCUT2D eigenvalue weighted by atomic mass is 10.0. The highest BCUT2D eigenvalue weighted by Crippen LogP contribution is 2.18. The van der Waals surface area contributed by atoms with E-state index in [2.05, 4.69) is 65.5 Å². The number of benzene rings is 2. The van der Waals surface area contributed by atoms with E-state index < -0.39 is 24.1 Å². The van der Waals surface area contributed by atoms with Crippen molar-refractivity contribution in [3.63, 3.8) is 0 Å². The second kappa shape index (κ2) is 20.4. The summed E-state index contributed by atoms with van der Waals surface area (Å²) < 4.78 is 14.0. The highest BCUT2D eigenvalue weighted by Gasteiger charge is 2.18. The number of carboxylic acids is 1. The number of carbonyl (C=O) groups is 4. The fraction of sp³-hybridized carbons (Fsp3) is 0.448. The summed E-state index contributed by atoms with van der Waals surface area (Å²) in [5.41, 5.74) is 3.87. The summed E-state index contributed by atoms with van der Waals surface area (Å²) >= 11 is 0. The van der Waals surface area contributed by atoms with Gasteiger partial charge in [0, 0.05) is 27.0 Å². The molecule has 0 aliphatic heterocycles. The van der Waals surface area contributed by atoms with Crippen LogP contribution in [0.2, 0.25) is 0 Å². The topological polar surface area (TPSA) is 128 Å². The molecule has 1 amide bonds. The third-order valence-electron chi connectivity index (χ3n) is 5.03. The fourth-order valence-corrected chi connectivity index (χ4v) is 2.62. The van der Waals surface area contributed by atoms with Crippen molar-refractivity contribution in [1.82, 2.24) is 5.32 Å². The van der Waals surface area contributed by atoms with Crippen LogP contribution < -0.4 is 5.32 Å². The molecule has 2 N–H and O–H groups in total. The minimum absolute atomic E-state index is 0.0988. The molecule has 2 aromatic rings. The van der Waals surface area contributed by atoms with Gasteiger partial charge in [0.25, 0.3) is 6.47 Å². The van der Waals surface area contributed by atoms with E-state index in [0.29, 0.717) is 12.5 Å². The standard InChI is InChI=1S/C13H12.C12H19NO7.C4H10O/c1-11-7-9-13(10-8-11)12-5-3-2-4-6-12;1-8(12(18)20-9(2)19-7-14)5-6-13-10(15)3-4-11(16)17;1-4(2)5-3/h2-10H,1H3;7-9H,3-6H2,1-2H3,(H,13,15)(H,16,17);4H,1-3H3. The Morgan fingerprint density at radius 2 is 1.47 bits per heavy atom. The Balaban J connectivity index is 0.000000643. The summed E-state index contributed by atoms with van der Waals surface area (Å²) in [6.45, 7) is 9.55. The molecule has 0 aromatic heterocycles. The van der Waals surface area contributed by atoms with Gasteiger partial charge >= 0.3 is 11.9 Å². The van der Waals surface area contributed by atoms with Gasteiger partial charge in [-0.25, -0.2) is 0 Å². The van der Waals surface area contributed by atoms with Crippen LogP contribution in [0.25, 0.3) is 11.1 Å². The van der Waals surface area contributed by atoms with Crippen LogP contribution in [0.1, 0.15) is 52.5 Å². The lowest BCUT2D eigenvalue weighted by Gasteiger charge is -2.15. The maximum Gasteiger partial charge on any atom is 0.311 e. The van der Waals surface area contributed by atoms with Gasteiger partial charge in [-0.1, -0.05) is 67.1 Å². The molecule has 0 spiro atoms. The maximum absolute atomic E-state index is 11.5. The first-order valence-corrected chi connectivity index (χ1v) is 12.4. The molecule has 2 atom stereocenters. The van der Waals surface area contributed by atoms with E-state index in [9.17, 15) is 19.2 Å². The molecule has 2 unspecified atom stereocenters. The largest absolute Gasteiger partial charge is 0.481 e. The average molecular weight is 532 g/mol. The Morgan fingerprint density at radius 1 is 0.921 bits per heavy atom. The highest BCUT2D eigenvalue weighted by atomic mass is 16.7. The summed E-state index contributed by atoms with van der Waals surface area (Å²) in [6, 6.07) is 19.0. The molecule has 0 aliphatic carbocycles. The number of hydrogen-bond acceptors (Lipinski definition) is 7. The van der Waals surface area contributed by atoms with Gasteiger partial charge in [0.2, 0.25) is 12.2 Å². The Hall–Kier alpha value is -3.72. The van der Waals surface area contributed by atoms with Gasteiger partial charge in [-0.05, 0) is 38.3 Å². The van der Waals surface area contributed by atoms with Crippen LogP contribution in [0.4, 0.5) is 0 Å². The Kier molecular flexibility index (Phi) is 18.4. The van der Waals surface area contributed by atoms with Crippen molar-refractivity contribution >= 4 is 24.3 Å². The third kappa shape index (κ3) is 17.7. The molecule has 38 heavy (non-hydrogen) atoms. The number of esters is 1. The summed E-state index contributed by atoms with van der Waals surface area (Å²) in [7, 11) is 1.70. The van der Waals surface area contributed by atoms with Gasteiger partial charge in [-0.3, -0.25) is 19.2 Å². The van der Waals surface area contributed by atoms with Gasteiger partial charge < -0.3 is 24.6 Å². The summed E-state index contributed by atoms with van der Waals surface area (Å²) in [4.78, 5) is 43.0. The van der Waals surface area contributed by atoms with E-state index in [4.69, 9.17) is 14.6 Å². The quantitative estimate of drug-likeness (QED) is 0.228. The lowest BCUT2D eigenvalue weighted by Crippen LogP contribution is -2.29. The number of aliphatic carboxylic acids is 1. The zero-order chi connectivity index (χ0) is 28.9. The number of aryl methyl sites for hydroxylation is 1. The molecule has 2 aromatic carbocycles. The van der Waals surface area contributed by atoms with Crippen molar-refractivity contribution in [2.75, 3.05) is 13.7 Å². The molecular formula is C29H41NO8. The molecular weight excluding hydrogens is 490 g/mol. The number of hydrogen-bond donors (Lipinski definition) is 2. The summed E-state index contributed by atoms with van der Waals surface area (Å²) in [6.07, 6.45) is -0.559. The van der Waals surface area contributed by atoms with Gasteiger partial charge in [-0.2, -0.15) is 0 Å². The molecule has 2 rings (SSSR count). The van der Waals surface area contributed by atoms with Crippen LogP contribution in [0.15, 0.2) is 54.6 Å². The van der Waals surface area contributed by atoms with E-state index in [0.717, 1.165) is 0 Å². The molecule has 0 saturated heterocycles. The Morgan fingerprint density at radius 3 is 1.97 bits per heavy atom. The number of methoxy groups -OCH3 is 1. The van der Waals surface area contributed by atoms with Crippen LogP contribution in [-0.4, -0.2) is 55.5 Å². The molecule has 0 saturated carbocycles. The van der Waals surface area contributed by atoms with Crippen LogP contribution in [0, 0.1) is 12.8 Å². The predicted octanol–water partition coefficient (Wildman–Crippen LogP) is 4.76. The maximum atomic E-state index is 11.5. The molecule has 0 aliphatic rings. The first-order chi connectivity index (χ1) is 18.0. The minimum atomic E-state index is -1.04. The minimum Gasteiger partial charge on any atom is -0.481 e. The van der Waals surface area contributed by atoms with E-state index >= 15 is 0 Å². The van der Waals surface area contributed by atoms with Crippen LogP contribution in [-0.2, 0) is 33.4 Å². The van der Waals surface area contributed by atoms with Crippen LogP contribution in [0.5, 0.6) is 0 Å². The number of rotatable bonds is 12. The number of amides is 1. The molecule has 9 heteroatoms. The first kappa shape index (κ1) is 34.3. The van der Waals surface area contributed by atoms with Crippen molar-refractivity contribution in [3.05, 3.63) is 60.2 Å². The molecule has 0 bridgehead atoms. The number of carboxylic acid groups (broad SMARTS) is 1. The summed E-state index contributed by atoms with van der Waals surface area (Å²) in [5, 5.41) is 10.9. The van der Waals surface area contributed by atoms with E-state index in [-0.39, 0.29) is 31.8 Å². The van der Waals surface area contributed by atoms with Gasteiger partial charge in [-0.15, -0.1) is 0 Å². The normalized spacial score (nSPS) is 11.4. The van der Waals surface area contributed by atoms with Crippen molar-refractivity contribution < 1.29 is 38.5 Å². The Bertz CT molecular complexity index is 945. The number of ether oxygens (including phenoxy) is 3. The van der Waals surface area contributed by atoms with E-state index in [1.165, 1.54) is 23.6 Å². The lowest BCUT2D eigenvalue weighted by molar-refractivity contribution is -0.179. The van der Waals surface area contributed by atoms with Crippen molar-refractivity contribution in [2.45, 2.75) is 66.3 Å². The van der Waals surface area contributed by atoms with Crippen molar-refractivity contribution in [2.24, 2.45) is 5.92 Å². The van der Waals surface area contributed by atoms with E-state index in [1.54, 1.807) is 14.0 Å². The zero-order valence-corrected chi connectivity index (χ0v) is 23.1. The fourth-order valence-electron chi connectivity index (χ4n) is 2.62. The van der Waals surface area contributed by atoms with E-state index in [1.807, 2.05) is 19.9 Å². The molecule has 210 valence electrons. The molecule has 0 radical (unpaired) electrons. The predicted molar refractivity (Wildman–Crippen MR) is 145 cm³/mol. The van der Waals surface area contributed by atoms with Gasteiger partial charge in [0.1, 0.15) is 0 Å². The van der Waals surface area contributed by atoms with Crippen LogP contribution >= 0.6 is 0 Å². The van der Waals surface area contributed by atoms with Crippen LogP contribution in [0.3, 0.4) is 0 Å². The monoisotopic (exact) mass is 531 g/mol. The summed E-state index contributed by atoms with van der Waals surface area (Å²) in [5.74, 6) is -2.45. The molecule has 0 fully saturated rings. The second-order valence-corrected chi connectivity index (χ2v) is 8.69. The zero-order valence-electron chi connectivity index (χ0n) is 23.1. The smallest absolute Gasteiger partial charge is 0.311 e. The first-order valence-electron chi connectivity index (χ1n) is 12.4. The SMILES string of the molecule is CC(OC=O)OC(=O)C(C)CCNC(=O)CCC(=O)O.COC(C)C.Cc1ccc(-c2ccccc2)cc1. The van der Waals surface area contributed by atoms with Gasteiger partial charge in [0.05, 0.1) is 18.4 Å².